The van der Waals surface area contributed by atoms with Crippen LogP contribution >= 0.6 is 0 Å². The van der Waals surface area contributed by atoms with E-state index in [-0.39, 0.29) is 11.6 Å². The molecule has 0 aliphatic rings. The van der Waals surface area contributed by atoms with Gasteiger partial charge in [-0.15, -0.1) is 0 Å². The van der Waals surface area contributed by atoms with Gasteiger partial charge in [-0.05, 0) is 17.5 Å². The predicted octanol–water partition coefficient (Wildman–Crippen LogP) is 3.02. The molecule has 0 fully saturated rings. The summed E-state index contributed by atoms with van der Waals surface area (Å²) < 4.78 is 14.5. The minimum Gasteiger partial charge on any atom is -0.383 e. The van der Waals surface area contributed by atoms with Gasteiger partial charge in [-0.2, -0.15) is 0 Å². The fourth-order valence-electron chi connectivity index (χ4n) is 2.00. The first-order chi connectivity index (χ1) is 8.77. The van der Waals surface area contributed by atoms with Crippen LogP contribution in [0, 0.1) is 5.82 Å². The van der Waals surface area contributed by atoms with Gasteiger partial charge < -0.3 is 5.73 Å². The van der Waals surface area contributed by atoms with Gasteiger partial charge in [-0.1, -0.05) is 18.2 Å². The van der Waals surface area contributed by atoms with E-state index in [1.165, 1.54) is 0 Å². The molecule has 3 aromatic rings. The Labute approximate surface area is 103 Å². The van der Waals surface area contributed by atoms with Crippen LogP contribution in [0.15, 0.2) is 48.9 Å². The standard InChI is InChI=1S/C14H10FN3/c15-13-11(10-2-1-6-17-8-10)4-3-9-5-7-18-14(16)12(9)13/h1-8H,(H2,16,18). The molecule has 0 spiro atoms. The number of anilines is 1. The molecule has 88 valence electrons. The van der Waals surface area contributed by atoms with Crippen molar-refractivity contribution in [2.75, 3.05) is 5.73 Å². The van der Waals surface area contributed by atoms with Crippen molar-refractivity contribution in [1.29, 1.82) is 0 Å². The number of pyridine rings is 2. The Hall–Kier alpha value is -2.49. The van der Waals surface area contributed by atoms with Crippen molar-refractivity contribution >= 4 is 16.6 Å². The second kappa shape index (κ2) is 4.07. The van der Waals surface area contributed by atoms with Crippen molar-refractivity contribution in [2.24, 2.45) is 0 Å². The summed E-state index contributed by atoms with van der Waals surface area (Å²) in [5, 5.41) is 1.10. The van der Waals surface area contributed by atoms with Gasteiger partial charge in [-0.25, -0.2) is 9.37 Å². The molecule has 0 radical (unpaired) electrons. The molecule has 4 heteroatoms. The Balaban J connectivity index is 2.33. The average molecular weight is 239 g/mol. The number of rotatable bonds is 1. The van der Waals surface area contributed by atoms with Gasteiger partial charge in [-0.3, -0.25) is 4.98 Å². The summed E-state index contributed by atoms with van der Waals surface area (Å²) in [7, 11) is 0. The Bertz CT molecular complexity index is 711. The maximum atomic E-state index is 14.5. The van der Waals surface area contributed by atoms with Crippen molar-refractivity contribution in [1.82, 2.24) is 9.97 Å². The van der Waals surface area contributed by atoms with Crippen LogP contribution in [-0.2, 0) is 0 Å². The molecule has 0 unspecified atom stereocenters. The summed E-state index contributed by atoms with van der Waals surface area (Å²) in [4.78, 5) is 7.92. The summed E-state index contributed by atoms with van der Waals surface area (Å²) in [6.07, 6.45) is 4.84. The van der Waals surface area contributed by atoms with E-state index in [4.69, 9.17) is 5.73 Å². The zero-order chi connectivity index (χ0) is 12.5. The lowest BCUT2D eigenvalue weighted by atomic mass is 10.0. The van der Waals surface area contributed by atoms with Crippen molar-refractivity contribution in [2.45, 2.75) is 0 Å². The first-order valence-corrected chi connectivity index (χ1v) is 5.50. The fourth-order valence-corrected chi connectivity index (χ4v) is 2.00. The number of nitrogens with two attached hydrogens (primary N) is 1. The maximum Gasteiger partial charge on any atom is 0.142 e. The lowest BCUT2D eigenvalue weighted by Crippen LogP contribution is -1.95. The SMILES string of the molecule is Nc1nccc2ccc(-c3cccnc3)c(F)c12. The second-order valence-electron chi connectivity index (χ2n) is 3.96. The van der Waals surface area contributed by atoms with E-state index in [0.717, 1.165) is 10.9 Å². The summed E-state index contributed by atoms with van der Waals surface area (Å²) in [6, 6.07) is 8.88. The van der Waals surface area contributed by atoms with Gasteiger partial charge in [0.05, 0.1) is 5.39 Å². The fraction of sp³-hybridized carbons (Fsp3) is 0. The minimum atomic E-state index is -0.355. The molecular formula is C14H10FN3. The predicted molar refractivity (Wildman–Crippen MR) is 69.3 cm³/mol. The monoisotopic (exact) mass is 239 g/mol. The highest BCUT2D eigenvalue weighted by atomic mass is 19.1. The van der Waals surface area contributed by atoms with Gasteiger partial charge in [0.25, 0.3) is 0 Å². The van der Waals surface area contributed by atoms with Crippen LogP contribution in [0.25, 0.3) is 21.9 Å². The van der Waals surface area contributed by atoms with Gasteiger partial charge in [0.1, 0.15) is 11.6 Å². The van der Waals surface area contributed by atoms with Crippen LogP contribution in [0.1, 0.15) is 0 Å². The molecule has 2 N–H and O–H groups in total. The number of hydrogen-bond donors (Lipinski definition) is 1. The highest BCUT2D eigenvalue weighted by Crippen LogP contribution is 2.30. The number of nitrogen functional groups attached to an aromatic ring is 1. The molecular weight excluding hydrogens is 229 g/mol. The Morgan fingerprint density at radius 2 is 1.94 bits per heavy atom. The average Bonchev–Trinajstić information content (AvgIpc) is 2.40. The smallest absolute Gasteiger partial charge is 0.142 e. The van der Waals surface area contributed by atoms with Crippen LogP contribution in [-0.4, -0.2) is 9.97 Å². The third-order valence-electron chi connectivity index (χ3n) is 2.87. The first kappa shape index (κ1) is 10.7. The third kappa shape index (κ3) is 1.59. The first-order valence-electron chi connectivity index (χ1n) is 5.50. The highest BCUT2D eigenvalue weighted by molar-refractivity contribution is 5.94. The molecule has 3 nitrogen and oxygen atoms in total. The van der Waals surface area contributed by atoms with Crippen molar-refractivity contribution in [3.63, 3.8) is 0 Å². The number of aromatic nitrogens is 2. The molecule has 0 atom stereocenters. The second-order valence-corrected chi connectivity index (χ2v) is 3.96. The van der Waals surface area contributed by atoms with Crippen molar-refractivity contribution in [3.05, 3.63) is 54.7 Å². The normalized spacial score (nSPS) is 10.7. The van der Waals surface area contributed by atoms with Crippen molar-refractivity contribution < 1.29 is 4.39 Å². The largest absolute Gasteiger partial charge is 0.383 e. The topological polar surface area (TPSA) is 51.8 Å². The van der Waals surface area contributed by atoms with Gasteiger partial charge in [0, 0.05) is 29.7 Å². The van der Waals surface area contributed by atoms with E-state index < -0.39 is 0 Å². The van der Waals surface area contributed by atoms with E-state index in [1.807, 2.05) is 12.1 Å². The zero-order valence-electron chi connectivity index (χ0n) is 9.47. The molecule has 0 saturated heterocycles. The zero-order valence-corrected chi connectivity index (χ0v) is 9.47. The van der Waals surface area contributed by atoms with E-state index in [9.17, 15) is 4.39 Å². The summed E-state index contributed by atoms with van der Waals surface area (Å²) in [5.74, 6) is -0.151. The Kier molecular flexibility index (Phi) is 2.41. The summed E-state index contributed by atoms with van der Waals surface area (Å²) in [6.45, 7) is 0. The number of nitrogens with zero attached hydrogens (tertiary/aromatic N) is 2. The summed E-state index contributed by atoms with van der Waals surface area (Å²) in [5.41, 5.74) is 6.94. The highest BCUT2D eigenvalue weighted by Gasteiger charge is 2.11. The number of fused-ring (bicyclic) bond motifs is 1. The van der Waals surface area contributed by atoms with Crippen LogP contribution in [0.3, 0.4) is 0 Å². The molecule has 18 heavy (non-hydrogen) atoms. The Morgan fingerprint density at radius 1 is 1.06 bits per heavy atom. The molecule has 0 aliphatic carbocycles. The molecule has 1 aromatic carbocycles. The number of benzene rings is 1. The number of halogens is 1. The minimum absolute atomic E-state index is 0.204. The number of hydrogen-bond acceptors (Lipinski definition) is 3. The van der Waals surface area contributed by atoms with Gasteiger partial charge in [0.15, 0.2) is 0 Å². The maximum absolute atomic E-state index is 14.5. The summed E-state index contributed by atoms with van der Waals surface area (Å²) >= 11 is 0. The van der Waals surface area contributed by atoms with E-state index >= 15 is 0 Å². The van der Waals surface area contributed by atoms with E-state index in [1.54, 1.807) is 36.8 Å². The Morgan fingerprint density at radius 3 is 2.72 bits per heavy atom. The molecule has 0 aliphatic heterocycles. The lowest BCUT2D eigenvalue weighted by Gasteiger charge is -2.07. The third-order valence-corrected chi connectivity index (χ3v) is 2.87. The van der Waals surface area contributed by atoms with Crippen molar-refractivity contribution in [3.8, 4) is 11.1 Å². The molecule has 0 bridgehead atoms. The molecule has 3 rings (SSSR count). The molecule has 2 heterocycles. The van der Waals surface area contributed by atoms with E-state index in [0.29, 0.717) is 10.9 Å². The quantitative estimate of drug-likeness (QED) is 0.710. The van der Waals surface area contributed by atoms with Crippen LogP contribution < -0.4 is 5.73 Å². The molecule has 0 amide bonds. The van der Waals surface area contributed by atoms with Gasteiger partial charge in [0.2, 0.25) is 0 Å². The van der Waals surface area contributed by atoms with Gasteiger partial charge >= 0.3 is 0 Å². The van der Waals surface area contributed by atoms with Crippen LogP contribution in [0.5, 0.6) is 0 Å². The molecule has 0 saturated carbocycles. The van der Waals surface area contributed by atoms with E-state index in [2.05, 4.69) is 9.97 Å². The lowest BCUT2D eigenvalue weighted by molar-refractivity contribution is 0.643. The van der Waals surface area contributed by atoms with Crippen LogP contribution in [0.4, 0.5) is 10.2 Å². The molecule has 2 aromatic heterocycles. The van der Waals surface area contributed by atoms with Crippen LogP contribution in [0.2, 0.25) is 0 Å².